The second-order valence-electron chi connectivity index (χ2n) is 7.95. The van der Waals surface area contributed by atoms with E-state index in [0.29, 0.717) is 23.7 Å². The highest BCUT2D eigenvalue weighted by Crippen LogP contribution is 2.29. The van der Waals surface area contributed by atoms with Gasteiger partial charge in [0.25, 0.3) is 5.91 Å². The first-order valence-electron chi connectivity index (χ1n) is 10.6. The van der Waals surface area contributed by atoms with Crippen molar-refractivity contribution in [1.82, 2.24) is 15.1 Å². The van der Waals surface area contributed by atoms with Crippen LogP contribution in [0.15, 0.2) is 66.7 Å². The third-order valence-corrected chi connectivity index (χ3v) is 6.68. The van der Waals surface area contributed by atoms with Gasteiger partial charge in [0, 0.05) is 17.7 Å². The van der Waals surface area contributed by atoms with Gasteiger partial charge in [-0.05, 0) is 36.6 Å². The molecule has 2 heterocycles. The second kappa shape index (κ2) is 8.51. The molecule has 1 aliphatic rings. The molecule has 0 bridgehead atoms. The fraction of sp³-hybridized carbons (Fsp3) is 0.200. The molecule has 6 nitrogen and oxygen atoms in total. The van der Waals surface area contributed by atoms with Crippen LogP contribution in [0.2, 0.25) is 0 Å². The molecular weight excluding hydrogens is 420 g/mol. The van der Waals surface area contributed by atoms with Crippen molar-refractivity contribution in [2.45, 2.75) is 25.8 Å². The predicted molar refractivity (Wildman–Crippen MR) is 127 cm³/mol. The summed E-state index contributed by atoms with van der Waals surface area (Å²) in [5, 5.41) is 14.3. The number of hydrogen-bond donors (Lipinski definition) is 1. The summed E-state index contributed by atoms with van der Waals surface area (Å²) in [6, 6.07) is 21.0. The lowest BCUT2D eigenvalue weighted by atomic mass is 10.0. The number of benzene rings is 3. The quantitative estimate of drug-likeness (QED) is 0.487. The zero-order valence-corrected chi connectivity index (χ0v) is 18.4. The standard InChI is InChI=1S/C25H22N4O2S/c1-16-11-13-18(14-12-16)23-27-28-25(32-23)26-22(30)21-10-5-15-29(21)24(31)20-9-4-7-17-6-2-3-8-19(17)20/h2-4,6-9,11-14,21H,5,10,15H2,1H3,(H,26,28,30). The Morgan fingerprint density at radius 2 is 1.78 bits per heavy atom. The Labute approximate surface area is 189 Å². The molecule has 7 heteroatoms. The van der Waals surface area contributed by atoms with E-state index in [1.54, 1.807) is 4.90 Å². The van der Waals surface area contributed by atoms with Crippen LogP contribution in [0, 0.1) is 6.92 Å². The van der Waals surface area contributed by atoms with Crippen molar-refractivity contribution in [3.63, 3.8) is 0 Å². The monoisotopic (exact) mass is 442 g/mol. The van der Waals surface area contributed by atoms with Gasteiger partial charge < -0.3 is 4.90 Å². The van der Waals surface area contributed by atoms with E-state index in [-0.39, 0.29) is 11.8 Å². The van der Waals surface area contributed by atoms with Crippen LogP contribution in [0.1, 0.15) is 28.8 Å². The Hall–Kier alpha value is -3.58. The number of carbonyl (C=O) groups excluding carboxylic acids is 2. The minimum Gasteiger partial charge on any atom is -0.327 e. The molecule has 32 heavy (non-hydrogen) atoms. The van der Waals surface area contributed by atoms with E-state index in [9.17, 15) is 9.59 Å². The van der Waals surface area contributed by atoms with Crippen LogP contribution in [-0.4, -0.2) is 39.5 Å². The van der Waals surface area contributed by atoms with Gasteiger partial charge in [-0.25, -0.2) is 0 Å². The maximum Gasteiger partial charge on any atom is 0.255 e. The average molecular weight is 443 g/mol. The molecule has 1 aromatic heterocycles. The van der Waals surface area contributed by atoms with E-state index < -0.39 is 6.04 Å². The summed E-state index contributed by atoms with van der Waals surface area (Å²) >= 11 is 1.33. The molecule has 1 saturated heterocycles. The topological polar surface area (TPSA) is 75.2 Å². The summed E-state index contributed by atoms with van der Waals surface area (Å²) in [6.45, 7) is 2.59. The molecule has 160 valence electrons. The molecule has 1 N–H and O–H groups in total. The molecular formula is C25H22N4O2S. The van der Waals surface area contributed by atoms with E-state index in [0.717, 1.165) is 27.8 Å². The van der Waals surface area contributed by atoms with Crippen molar-refractivity contribution < 1.29 is 9.59 Å². The summed E-state index contributed by atoms with van der Waals surface area (Å²) in [7, 11) is 0. The van der Waals surface area contributed by atoms with E-state index in [2.05, 4.69) is 15.5 Å². The number of hydrogen-bond acceptors (Lipinski definition) is 5. The van der Waals surface area contributed by atoms with Crippen LogP contribution in [-0.2, 0) is 4.79 Å². The van der Waals surface area contributed by atoms with Crippen LogP contribution < -0.4 is 5.32 Å². The number of likely N-dealkylation sites (tertiary alicyclic amines) is 1. The summed E-state index contributed by atoms with van der Waals surface area (Å²) in [5.74, 6) is -0.334. The minimum atomic E-state index is -0.520. The molecule has 0 spiro atoms. The SMILES string of the molecule is Cc1ccc(-c2nnc(NC(=O)C3CCCN3C(=O)c3cccc4ccccc34)s2)cc1. The second-order valence-corrected chi connectivity index (χ2v) is 8.93. The number of nitrogens with one attached hydrogen (secondary N) is 1. The van der Waals surface area contributed by atoms with Gasteiger partial charge in [-0.1, -0.05) is 77.6 Å². The normalized spacial score (nSPS) is 15.8. The molecule has 0 aliphatic carbocycles. The van der Waals surface area contributed by atoms with E-state index >= 15 is 0 Å². The first kappa shape index (κ1) is 20.3. The Morgan fingerprint density at radius 3 is 2.62 bits per heavy atom. The highest BCUT2D eigenvalue weighted by molar-refractivity contribution is 7.18. The summed E-state index contributed by atoms with van der Waals surface area (Å²) in [4.78, 5) is 28.1. The van der Waals surface area contributed by atoms with Crippen LogP contribution in [0.5, 0.6) is 0 Å². The van der Waals surface area contributed by atoms with E-state index in [4.69, 9.17) is 0 Å². The smallest absolute Gasteiger partial charge is 0.255 e. The van der Waals surface area contributed by atoms with Crippen LogP contribution in [0.3, 0.4) is 0 Å². The largest absolute Gasteiger partial charge is 0.327 e. The highest BCUT2D eigenvalue weighted by atomic mass is 32.1. The average Bonchev–Trinajstić information content (AvgIpc) is 3.49. The van der Waals surface area contributed by atoms with Gasteiger partial charge in [0.05, 0.1) is 0 Å². The Morgan fingerprint density at radius 1 is 1.00 bits per heavy atom. The van der Waals surface area contributed by atoms with Gasteiger partial charge in [0.1, 0.15) is 11.0 Å². The van der Waals surface area contributed by atoms with Crippen molar-refractivity contribution in [1.29, 1.82) is 0 Å². The first-order chi connectivity index (χ1) is 15.6. The summed E-state index contributed by atoms with van der Waals surface area (Å²) in [6.07, 6.45) is 1.42. The fourth-order valence-corrected chi connectivity index (χ4v) is 4.88. The molecule has 1 unspecified atom stereocenters. The number of aromatic nitrogens is 2. The molecule has 0 radical (unpaired) electrons. The number of amides is 2. The molecule has 1 aliphatic heterocycles. The molecule has 1 atom stereocenters. The summed E-state index contributed by atoms with van der Waals surface area (Å²) < 4.78 is 0. The summed E-state index contributed by atoms with van der Waals surface area (Å²) in [5.41, 5.74) is 2.76. The zero-order chi connectivity index (χ0) is 22.1. The number of anilines is 1. The minimum absolute atomic E-state index is 0.114. The van der Waals surface area contributed by atoms with Crippen LogP contribution >= 0.6 is 11.3 Å². The van der Waals surface area contributed by atoms with Crippen molar-refractivity contribution in [3.05, 3.63) is 77.9 Å². The number of nitrogens with zero attached hydrogens (tertiary/aromatic N) is 3. The van der Waals surface area contributed by atoms with Gasteiger partial charge in [0.15, 0.2) is 0 Å². The zero-order valence-electron chi connectivity index (χ0n) is 17.6. The predicted octanol–water partition coefficient (Wildman–Crippen LogP) is 4.91. The van der Waals surface area contributed by atoms with Crippen molar-refractivity contribution in [3.8, 4) is 10.6 Å². The van der Waals surface area contributed by atoms with Gasteiger partial charge in [-0.15, -0.1) is 10.2 Å². The third-order valence-electron chi connectivity index (χ3n) is 5.79. The van der Waals surface area contributed by atoms with Gasteiger partial charge in [0.2, 0.25) is 11.0 Å². The molecule has 2 amide bonds. The van der Waals surface area contributed by atoms with Gasteiger partial charge in [-0.3, -0.25) is 14.9 Å². The Balaban J connectivity index is 1.34. The van der Waals surface area contributed by atoms with E-state index in [1.807, 2.05) is 73.7 Å². The highest BCUT2D eigenvalue weighted by Gasteiger charge is 2.35. The lowest BCUT2D eigenvalue weighted by molar-refractivity contribution is -0.119. The molecule has 0 saturated carbocycles. The van der Waals surface area contributed by atoms with Gasteiger partial charge in [-0.2, -0.15) is 0 Å². The van der Waals surface area contributed by atoms with Crippen molar-refractivity contribution >= 4 is 39.1 Å². The molecule has 3 aromatic carbocycles. The number of fused-ring (bicyclic) bond motifs is 1. The van der Waals surface area contributed by atoms with Crippen molar-refractivity contribution in [2.75, 3.05) is 11.9 Å². The molecule has 5 rings (SSSR count). The number of carbonyl (C=O) groups is 2. The van der Waals surface area contributed by atoms with Crippen LogP contribution in [0.4, 0.5) is 5.13 Å². The Kier molecular flexibility index (Phi) is 5.41. The maximum absolute atomic E-state index is 13.4. The lowest BCUT2D eigenvalue weighted by Crippen LogP contribution is -2.43. The molecule has 1 fully saturated rings. The molecule has 4 aromatic rings. The van der Waals surface area contributed by atoms with Gasteiger partial charge >= 0.3 is 0 Å². The fourth-order valence-electron chi connectivity index (χ4n) is 4.12. The third kappa shape index (κ3) is 3.87. The van der Waals surface area contributed by atoms with Crippen LogP contribution in [0.25, 0.3) is 21.3 Å². The Bertz CT molecular complexity index is 1290. The number of rotatable bonds is 4. The van der Waals surface area contributed by atoms with Crippen molar-refractivity contribution in [2.24, 2.45) is 0 Å². The lowest BCUT2D eigenvalue weighted by Gasteiger charge is -2.24. The number of aryl methyl sites for hydroxylation is 1. The van der Waals surface area contributed by atoms with E-state index in [1.165, 1.54) is 16.9 Å². The maximum atomic E-state index is 13.4. The first-order valence-corrected chi connectivity index (χ1v) is 11.4.